The van der Waals surface area contributed by atoms with Gasteiger partial charge in [0.2, 0.25) is 0 Å². The van der Waals surface area contributed by atoms with Gasteiger partial charge in [-0.15, -0.1) is 0 Å². The number of carbonyl (C=O) groups excluding carboxylic acids is 2. The largest absolute Gasteiger partial charge is 0.457 e. The second-order valence-electron chi connectivity index (χ2n) is 6.79. The lowest BCUT2D eigenvalue weighted by Gasteiger charge is -2.32. The monoisotopic (exact) mass is 466 g/mol. The molecule has 1 heterocycles. The first-order valence-corrected chi connectivity index (χ1v) is 9.53. The van der Waals surface area contributed by atoms with Crippen molar-refractivity contribution in [1.82, 2.24) is 0 Å². The number of carbonyl (C=O) groups is 2. The number of hydrogen-bond acceptors (Lipinski definition) is 6. The van der Waals surface area contributed by atoms with Gasteiger partial charge in [0.1, 0.15) is 17.8 Å². The molecule has 0 spiro atoms. The van der Waals surface area contributed by atoms with Crippen LogP contribution in [0.4, 0.5) is 0 Å². The van der Waals surface area contributed by atoms with E-state index in [2.05, 4.69) is 22.6 Å². The van der Waals surface area contributed by atoms with Gasteiger partial charge < -0.3 is 19.7 Å². The smallest absolute Gasteiger partial charge is 0.309 e. The fourth-order valence-corrected chi connectivity index (χ4v) is 3.05. The Balaban J connectivity index is 3.20. The zero-order valence-corrected chi connectivity index (χ0v) is 17.2. The summed E-state index contributed by atoms with van der Waals surface area (Å²) >= 11 is 2.08. The summed E-state index contributed by atoms with van der Waals surface area (Å²) in [4.78, 5) is 23.5. The highest BCUT2D eigenvalue weighted by atomic mass is 127. The molecule has 0 radical (unpaired) electrons. The lowest BCUT2D eigenvalue weighted by molar-refractivity contribution is -0.157. The van der Waals surface area contributed by atoms with Crippen LogP contribution in [0.2, 0.25) is 0 Å². The van der Waals surface area contributed by atoms with Gasteiger partial charge in [-0.1, -0.05) is 35.6 Å². The van der Waals surface area contributed by atoms with Gasteiger partial charge in [-0.25, -0.2) is 0 Å². The van der Waals surface area contributed by atoms with Gasteiger partial charge in [0, 0.05) is 12.8 Å². The standard InChI is InChI=1S/C18H27IO6/c1-11-5-6-15(24-13(3)20)18(4,23)8-7-14(21)9-16(22)25-17(11)12(2)10-19/h5-6,10-11,14-15,17,21,23H,7-9H2,1-4H3. The number of aliphatic hydroxyl groups is 2. The molecule has 142 valence electrons. The van der Waals surface area contributed by atoms with Crippen molar-refractivity contribution in [1.29, 1.82) is 0 Å². The molecule has 7 heteroatoms. The second kappa shape index (κ2) is 9.68. The van der Waals surface area contributed by atoms with Crippen LogP contribution in [0.1, 0.15) is 47.0 Å². The van der Waals surface area contributed by atoms with Crippen LogP contribution in [0.3, 0.4) is 0 Å². The SMILES string of the molecule is CC(=O)OC1C=CC(C)C(C(C)=CI)OC(=O)CC(O)CCC1(C)O. The summed E-state index contributed by atoms with van der Waals surface area (Å²) in [5.74, 6) is -1.17. The topological polar surface area (TPSA) is 93.1 Å². The van der Waals surface area contributed by atoms with E-state index in [0.29, 0.717) is 0 Å². The predicted molar refractivity (Wildman–Crippen MR) is 102 cm³/mol. The van der Waals surface area contributed by atoms with E-state index < -0.39 is 35.9 Å². The Labute approximate surface area is 162 Å². The maximum absolute atomic E-state index is 12.1. The van der Waals surface area contributed by atoms with Crippen molar-refractivity contribution in [3.05, 3.63) is 21.8 Å². The molecule has 0 fully saturated rings. The molecule has 0 saturated heterocycles. The van der Waals surface area contributed by atoms with E-state index in [-0.39, 0.29) is 25.2 Å². The van der Waals surface area contributed by atoms with Crippen LogP contribution in [0, 0.1) is 5.92 Å². The number of ether oxygens (including phenoxy) is 2. The average molecular weight is 466 g/mol. The van der Waals surface area contributed by atoms with Crippen molar-refractivity contribution in [3.8, 4) is 0 Å². The molecule has 25 heavy (non-hydrogen) atoms. The molecule has 2 N–H and O–H groups in total. The zero-order valence-electron chi connectivity index (χ0n) is 15.1. The van der Waals surface area contributed by atoms with Crippen molar-refractivity contribution in [2.24, 2.45) is 5.92 Å². The Bertz CT molecular complexity index is 540. The van der Waals surface area contributed by atoms with Gasteiger partial charge in [0.25, 0.3) is 0 Å². The van der Waals surface area contributed by atoms with Crippen molar-refractivity contribution < 1.29 is 29.3 Å². The Kier molecular flexibility index (Phi) is 8.56. The fraction of sp³-hybridized carbons (Fsp3) is 0.667. The number of aliphatic hydroxyl groups excluding tert-OH is 1. The van der Waals surface area contributed by atoms with Crippen LogP contribution in [0.25, 0.3) is 0 Å². The van der Waals surface area contributed by atoms with Gasteiger partial charge in [-0.05, 0) is 42.4 Å². The number of hydrogen-bond donors (Lipinski definition) is 2. The molecule has 0 amide bonds. The summed E-state index contributed by atoms with van der Waals surface area (Å²) in [6.45, 7) is 6.57. The summed E-state index contributed by atoms with van der Waals surface area (Å²) in [5.41, 5.74) is -0.483. The van der Waals surface area contributed by atoms with E-state index in [1.807, 2.05) is 17.9 Å². The third-order valence-electron chi connectivity index (χ3n) is 4.24. The molecule has 0 saturated carbocycles. The normalized spacial score (nSPS) is 35.3. The molecule has 1 rings (SSSR count). The molecular formula is C18H27IO6. The number of esters is 2. The van der Waals surface area contributed by atoms with Gasteiger partial charge in [0.15, 0.2) is 0 Å². The third kappa shape index (κ3) is 7.07. The minimum atomic E-state index is -1.35. The molecule has 6 nitrogen and oxygen atoms in total. The maximum atomic E-state index is 12.1. The summed E-state index contributed by atoms with van der Waals surface area (Å²) in [6.07, 6.45) is 1.36. The summed E-state index contributed by atoms with van der Waals surface area (Å²) in [7, 11) is 0. The van der Waals surface area contributed by atoms with Crippen molar-refractivity contribution in [2.45, 2.75) is 70.9 Å². The van der Waals surface area contributed by atoms with Crippen LogP contribution in [0.15, 0.2) is 21.8 Å². The Morgan fingerprint density at radius 2 is 2.08 bits per heavy atom. The highest BCUT2D eigenvalue weighted by molar-refractivity contribution is 14.1. The first-order chi connectivity index (χ1) is 11.6. The van der Waals surface area contributed by atoms with Crippen LogP contribution < -0.4 is 0 Å². The molecule has 5 unspecified atom stereocenters. The lowest BCUT2D eigenvalue weighted by Crippen LogP contribution is -2.42. The van der Waals surface area contributed by atoms with Crippen molar-refractivity contribution in [3.63, 3.8) is 0 Å². The van der Waals surface area contributed by atoms with Gasteiger partial charge in [-0.2, -0.15) is 0 Å². The Morgan fingerprint density at radius 3 is 2.64 bits per heavy atom. The molecule has 1 aliphatic heterocycles. The quantitative estimate of drug-likeness (QED) is 0.370. The molecule has 0 aromatic carbocycles. The zero-order chi connectivity index (χ0) is 19.2. The minimum absolute atomic E-state index is 0.143. The first kappa shape index (κ1) is 22.1. The fourth-order valence-electron chi connectivity index (χ4n) is 2.69. The van der Waals surface area contributed by atoms with Gasteiger partial charge in [-0.3, -0.25) is 9.59 Å². The number of cyclic esters (lactones) is 1. The van der Waals surface area contributed by atoms with E-state index in [9.17, 15) is 19.8 Å². The van der Waals surface area contributed by atoms with E-state index in [1.54, 1.807) is 19.1 Å². The van der Waals surface area contributed by atoms with Gasteiger partial charge >= 0.3 is 11.9 Å². The van der Waals surface area contributed by atoms with E-state index >= 15 is 0 Å². The van der Waals surface area contributed by atoms with Crippen molar-refractivity contribution in [2.75, 3.05) is 0 Å². The molecule has 1 aliphatic rings. The lowest BCUT2D eigenvalue weighted by atomic mass is 9.89. The summed E-state index contributed by atoms with van der Waals surface area (Å²) in [6, 6.07) is 0. The van der Waals surface area contributed by atoms with Crippen LogP contribution in [-0.4, -0.2) is 46.1 Å². The Morgan fingerprint density at radius 1 is 1.44 bits per heavy atom. The van der Waals surface area contributed by atoms with E-state index in [1.165, 1.54) is 6.92 Å². The molecule has 0 aromatic rings. The van der Waals surface area contributed by atoms with Gasteiger partial charge in [0.05, 0.1) is 12.5 Å². The van der Waals surface area contributed by atoms with Crippen LogP contribution in [-0.2, 0) is 19.1 Å². The highest BCUT2D eigenvalue weighted by Crippen LogP contribution is 2.27. The Hall–Kier alpha value is -0.930. The van der Waals surface area contributed by atoms with Crippen LogP contribution in [0.5, 0.6) is 0 Å². The molecule has 0 aliphatic carbocycles. The number of rotatable bonds is 2. The highest BCUT2D eigenvalue weighted by Gasteiger charge is 2.34. The average Bonchev–Trinajstić information content (AvgIpc) is 2.52. The molecule has 0 aromatic heterocycles. The third-order valence-corrected chi connectivity index (χ3v) is 5.22. The molecule has 0 bridgehead atoms. The van der Waals surface area contributed by atoms with E-state index in [0.717, 1.165) is 5.57 Å². The molecular weight excluding hydrogens is 439 g/mol. The first-order valence-electron chi connectivity index (χ1n) is 8.29. The maximum Gasteiger partial charge on any atom is 0.309 e. The van der Waals surface area contributed by atoms with Crippen molar-refractivity contribution >= 4 is 34.5 Å². The second-order valence-corrected chi connectivity index (χ2v) is 7.41. The minimum Gasteiger partial charge on any atom is -0.457 e. The molecule has 5 atom stereocenters. The predicted octanol–water partition coefficient (Wildman–Crippen LogP) is 2.66. The number of halogens is 1. The summed E-state index contributed by atoms with van der Waals surface area (Å²) in [5, 5.41) is 20.7. The summed E-state index contributed by atoms with van der Waals surface area (Å²) < 4.78 is 12.6. The van der Waals surface area contributed by atoms with E-state index in [4.69, 9.17) is 9.47 Å². The van der Waals surface area contributed by atoms with Crippen LogP contribution >= 0.6 is 22.6 Å².